The van der Waals surface area contributed by atoms with Crippen LogP contribution >= 0.6 is 11.6 Å². The zero-order valence-electron chi connectivity index (χ0n) is 6.52. The maximum atomic E-state index is 5.49. The third kappa shape index (κ3) is 2.34. The molecular formula is C9H15Cl. The second-order valence-corrected chi connectivity index (χ2v) is 3.59. The van der Waals surface area contributed by atoms with E-state index in [1.54, 1.807) is 5.54 Å². The van der Waals surface area contributed by atoms with E-state index in [2.05, 4.69) is 13.0 Å². The number of hydrogen-bond donors (Lipinski definition) is 0. The van der Waals surface area contributed by atoms with Gasteiger partial charge in [-0.2, -0.15) is 0 Å². The fourth-order valence-electron chi connectivity index (χ4n) is 1.58. The Morgan fingerprint density at radius 2 is 1.80 bits per heavy atom. The highest BCUT2D eigenvalue weighted by molar-refractivity contribution is 6.25. The van der Waals surface area contributed by atoms with Crippen molar-refractivity contribution in [2.45, 2.75) is 32.6 Å². The zero-order chi connectivity index (χ0) is 7.40. The van der Waals surface area contributed by atoms with Gasteiger partial charge in [-0.25, -0.2) is 0 Å². The number of allylic oxidation sites excluding steroid dienone is 1. The van der Waals surface area contributed by atoms with Gasteiger partial charge in [-0.1, -0.05) is 37.4 Å². The highest BCUT2D eigenvalue weighted by Crippen LogP contribution is 2.28. The van der Waals surface area contributed by atoms with Gasteiger partial charge in [0.05, 0.1) is 0 Å². The molecule has 0 aromatic heterocycles. The summed E-state index contributed by atoms with van der Waals surface area (Å²) < 4.78 is 0. The van der Waals surface area contributed by atoms with E-state index in [9.17, 15) is 0 Å². The Kier molecular flexibility index (Phi) is 3.27. The van der Waals surface area contributed by atoms with Crippen molar-refractivity contribution in [1.82, 2.24) is 0 Å². The summed E-state index contributed by atoms with van der Waals surface area (Å²) in [4.78, 5) is 0. The SMILES string of the molecule is CC1CCC(/C=C/Cl)CC1. The van der Waals surface area contributed by atoms with Crippen molar-refractivity contribution in [2.24, 2.45) is 11.8 Å². The first-order chi connectivity index (χ1) is 4.83. The lowest BCUT2D eigenvalue weighted by molar-refractivity contribution is 0.331. The van der Waals surface area contributed by atoms with E-state index in [4.69, 9.17) is 11.6 Å². The van der Waals surface area contributed by atoms with Crippen LogP contribution in [0, 0.1) is 11.8 Å². The van der Waals surface area contributed by atoms with E-state index in [0.29, 0.717) is 0 Å². The van der Waals surface area contributed by atoms with Crippen LogP contribution in [0.15, 0.2) is 11.6 Å². The van der Waals surface area contributed by atoms with Gasteiger partial charge in [0.15, 0.2) is 0 Å². The second-order valence-electron chi connectivity index (χ2n) is 3.34. The van der Waals surface area contributed by atoms with Gasteiger partial charge in [0, 0.05) is 5.54 Å². The largest absolute Gasteiger partial charge is 0.0933 e. The Labute approximate surface area is 68.3 Å². The van der Waals surface area contributed by atoms with Gasteiger partial charge in [0.25, 0.3) is 0 Å². The van der Waals surface area contributed by atoms with Crippen molar-refractivity contribution >= 4 is 11.6 Å². The summed E-state index contributed by atoms with van der Waals surface area (Å²) in [6, 6.07) is 0. The summed E-state index contributed by atoms with van der Waals surface area (Å²) in [5.74, 6) is 1.72. The molecule has 0 aliphatic heterocycles. The molecule has 0 heterocycles. The van der Waals surface area contributed by atoms with Gasteiger partial charge < -0.3 is 0 Å². The van der Waals surface area contributed by atoms with Crippen LogP contribution in [0.2, 0.25) is 0 Å². The van der Waals surface area contributed by atoms with Crippen molar-refractivity contribution < 1.29 is 0 Å². The molecule has 1 rings (SSSR count). The molecule has 1 aliphatic rings. The summed E-state index contributed by atoms with van der Waals surface area (Å²) in [7, 11) is 0. The predicted molar refractivity (Wildman–Crippen MR) is 46.1 cm³/mol. The molecule has 0 aromatic carbocycles. The van der Waals surface area contributed by atoms with Gasteiger partial charge in [-0.15, -0.1) is 0 Å². The molecule has 0 unspecified atom stereocenters. The van der Waals surface area contributed by atoms with Crippen LogP contribution < -0.4 is 0 Å². The van der Waals surface area contributed by atoms with Crippen LogP contribution in [-0.2, 0) is 0 Å². The van der Waals surface area contributed by atoms with Crippen molar-refractivity contribution in [2.75, 3.05) is 0 Å². The fraction of sp³-hybridized carbons (Fsp3) is 0.778. The van der Waals surface area contributed by atoms with Crippen LogP contribution in [0.25, 0.3) is 0 Å². The average molecular weight is 159 g/mol. The first-order valence-electron chi connectivity index (χ1n) is 4.10. The Morgan fingerprint density at radius 3 is 2.30 bits per heavy atom. The lowest BCUT2D eigenvalue weighted by Crippen LogP contribution is -2.09. The maximum absolute atomic E-state index is 5.49. The lowest BCUT2D eigenvalue weighted by Gasteiger charge is -2.23. The van der Waals surface area contributed by atoms with Crippen LogP contribution in [0.4, 0.5) is 0 Å². The molecule has 0 radical (unpaired) electrons. The van der Waals surface area contributed by atoms with Crippen molar-refractivity contribution in [1.29, 1.82) is 0 Å². The van der Waals surface area contributed by atoms with Crippen molar-refractivity contribution in [3.05, 3.63) is 11.6 Å². The summed E-state index contributed by atoms with van der Waals surface area (Å²) in [6.07, 6.45) is 7.57. The lowest BCUT2D eigenvalue weighted by atomic mass is 9.83. The molecule has 1 saturated carbocycles. The Morgan fingerprint density at radius 1 is 1.20 bits per heavy atom. The Bertz CT molecular complexity index is 110. The molecule has 1 heteroatoms. The van der Waals surface area contributed by atoms with Gasteiger partial charge in [0.1, 0.15) is 0 Å². The van der Waals surface area contributed by atoms with E-state index in [0.717, 1.165) is 11.8 Å². The minimum absolute atomic E-state index is 0.772. The van der Waals surface area contributed by atoms with E-state index in [1.807, 2.05) is 0 Å². The Balaban J connectivity index is 2.26. The summed E-state index contributed by atoms with van der Waals surface area (Å²) >= 11 is 5.49. The van der Waals surface area contributed by atoms with E-state index < -0.39 is 0 Å². The molecule has 0 atom stereocenters. The highest BCUT2D eigenvalue weighted by Gasteiger charge is 2.15. The van der Waals surface area contributed by atoms with Gasteiger partial charge >= 0.3 is 0 Å². The molecule has 0 aromatic rings. The number of halogens is 1. The van der Waals surface area contributed by atoms with E-state index >= 15 is 0 Å². The number of hydrogen-bond acceptors (Lipinski definition) is 0. The number of rotatable bonds is 1. The highest BCUT2D eigenvalue weighted by atomic mass is 35.5. The molecule has 58 valence electrons. The van der Waals surface area contributed by atoms with Crippen LogP contribution in [0.1, 0.15) is 32.6 Å². The third-order valence-electron chi connectivity index (χ3n) is 2.41. The minimum Gasteiger partial charge on any atom is -0.0933 e. The van der Waals surface area contributed by atoms with E-state index in [1.165, 1.54) is 25.7 Å². The molecule has 0 amide bonds. The normalized spacial score (nSPS) is 35.0. The first-order valence-corrected chi connectivity index (χ1v) is 4.53. The standard InChI is InChI=1S/C9H15Cl/c1-8-2-4-9(5-3-8)6-7-10/h6-9H,2-5H2,1H3/b7-6+. The van der Waals surface area contributed by atoms with Crippen LogP contribution in [-0.4, -0.2) is 0 Å². The minimum atomic E-state index is 0.772. The molecule has 0 bridgehead atoms. The Hall–Kier alpha value is 0.0300. The second kappa shape index (κ2) is 4.02. The smallest absolute Gasteiger partial charge is 0.000525 e. The van der Waals surface area contributed by atoms with Gasteiger partial charge in [-0.05, 0) is 24.7 Å². The molecule has 0 N–H and O–H groups in total. The van der Waals surface area contributed by atoms with Crippen molar-refractivity contribution in [3.8, 4) is 0 Å². The quantitative estimate of drug-likeness (QED) is 0.548. The fourth-order valence-corrected chi connectivity index (χ4v) is 1.79. The molecule has 1 fully saturated rings. The predicted octanol–water partition coefficient (Wildman–Crippen LogP) is 3.57. The van der Waals surface area contributed by atoms with Crippen LogP contribution in [0.3, 0.4) is 0 Å². The molecule has 10 heavy (non-hydrogen) atoms. The molecule has 0 spiro atoms. The summed E-state index contributed by atoms with van der Waals surface area (Å²) in [5.41, 5.74) is 1.67. The average Bonchev–Trinajstić information content (AvgIpc) is 1.95. The molecule has 0 saturated heterocycles. The first kappa shape index (κ1) is 8.13. The monoisotopic (exact) mass is 158 g/mol. The van der Waals surface area contributed by atoms with Gasteiger partial charge in [-0.3, -0.25) is 0 Å². The summed E-state index contributed by atoms with van der Waals surface area (Å²) in [5, 5.41) is 0. The molecule has 1 aliphatic carbocycles. The summed E-state index contributed by atoms with van der Waals surface area (Å²) in [6.45, 7) is 2.33. The molecule has 0 nitrogen and oxygen atoms in total. The topological polar surface area (TPSA) is 0 Å². The van der Waals surface area contributed by atoms with E-state index in [-0.39, 0.29) is 0 Å². The maximum Gasteiger partial charge on any atom is 0.000525 e. The zero-order valence-corrected chi connectivity index (χ0v) is 7.27. The molecular weight excluding hydrogens is 144 g/mol. The van der Waals surface area contributed by atoms with Gasteiger partial charge in [0.2, 0.25) is 0 Å². The van der Waals surface area contributed by atoms with Crippen molar-refractivity contribution in [3.63, 3.8) is 0 Å². The van der Waals surface area contributed by atoms with Crippen LogP contribution in [0.5, 0.6) is 0 Å². The third-order valence-corrected chi connectivity index (χ3v) is 2.55.